The van der Waals surface area contributed by atoms with Crippen LogP contribution in [-0.2, 0) is 14.3 Å². The molecule has 0 aromatic heterocycles. The minimum absolute atomic E-state index is 0.183. The van der Waals surface area contributed by atoms with Crippen molar-refractivity contribution in [2.75, 3.05) is 19.9 Å². The molecule has 3 rings (SSSR count). The Kier molecular flexibility index (Phi) is 5.02. The second-order valence-electron chi connectivity index (χ2n) is 6.66. The Hall–Kier alpha value is -2.76. The zero-order valence-corrected chi connectivity index (χ0v) is 15.5. The number of esters is 1. The maximum Gasteiger partial charge on any atom is 0.340 e. The zero-order chi connectivity index (χ0) is 18.8. The van der Waals surface area contributed by atoms with Crippen LogP contribution in [0, 0.1) is 5.92 Å². The first kappa shape index (κ1) is 18.0. The molecule has 0 atom stereocenters. The fourth-order valence-electron chi connectivity index (χ4n) is 3.08. The minimum Gasteiger partial charge on any atom is -0.462 e. The van der Waals surface area contributed by atoms with Crippen LogP contribution in [0.25, 0.3) is 6.08 Å². The fourth-order valence-corrected chi connectivity index (χ4v) is 3.08. The summed E-state index contributed by atoms with van der Waals surface area (Å²) in [5.41, 5.74) is 2.07. The van der Waals surface area contributed by atoms with E-state index in [1.807, 2.05) is 19.9 Å². The number of nitrogens with zero attached hydrogens (tertiary/aromatic N) is 1. The molecule has 2 aliphatic rings. The predicted molar refractivity (Wildman–Crippen MR) is 96.4 cm³/mol. The van der Waals surface area contributed by atoms with E-state index in [0.717, 1.165) is 5.56 Å². The molecule has 1 amide bonds. The van der Waals surface area contributed by atoms with Crippen LogP contribution in [0.15, 0.2) is 35.0 Å². The molecule has 6 nitrogen and oxygen atoms in total. The van der Waals surface area contributed by atoms with Crippen LogP contribution in [0.4, 0.5) is 0 Å². The van der Waals surface area contributed by atoms with Gasteiger partial charge in [-0.2, -0.15) is 0 Å². The molecule has 138 valence electrons. The third-order valence-electron chi connectivity index (χ3n) is 4.25. The van der Waals surface area contributed by atoms with E-state index in [1.54, 1.807) is 37.0 Å². The van der Waals surface area contributed by atoms with Crippen molar-refractivity contribution in [1.29, 1.82) is 0 Å². The highest BCUT2D eigenvalue weighted by Crippen LogP contribution is 2.36. The first-order chi connectivity index (χ1) is 12.4. The van der Waals surface area contributed by atoms with Gasteiger partial charge in [-0.1, -0.05) is 19.9 Å². The molecule has 0 spiro atoms. The second-order valence-corrected chi connectivity index (χ2v) is 6.66. The number of carbonyl (C=O) groups is 2. The molecule has 0 radical (unpaired) electrons. The first-order valence-corrected chi connectivity index (χ1v) is 8.74. The Morgan fingerprint density at radius 2 is 2.04 bits per heavy atom. The van der Waals surface area contributed by atoms with Gasteiger partial charge in [-0.15, -0.1) is 0 Å². The second kappa shape index (κ2) is 7.23. The van der Waals surface area contributed by atoms with E-state index in [9.17, 15) is 9.59 Å². The van der Waals surface area contributed by atoms with Gasteiger partial charge in [0.15, 0.2) is 11.5 Å². The van der Waals surface area contributed by atoms with E-state index >= 15 is 0 Å². The van der Waals surface area contributed by atoms with Gasteiger partial charge < -0.3 is 19.1 Å². The largest absolute Gasteiger partial charge is 0.462 e. The summed E-state index contributed by atoms with van der Waals surface area (Å²) in [6.07, 6.45) is 1.71. The molecule has 0 fully saturated rings. The van der Waals surface area contributed by atoms with Crippen molar-refractivity contribution in [3.05, 3.63) is 40.6 Å². The summed E-state index contributed by atoms with van der Waals surface area (Å²) in [6.45, 7) is 8.58. The van der Waals surface area contributed by atoms with Gasteiger partial charge in [0.1, 0.15) is 0 Å². The van der Waals surface area contributed by atoms with Crippen molar-refractivity contribution in [2.45, 2.75) is 27.7 Å². The van der Waals surface area contributed by atoms with Crippen LogP contribution < -0.4 is 9.47 Å². The molecule has 26 heavy (non-hydrogen) atoms. The van der Waals surface area contributed by atoms with Gasteiger partial charge in [0.25, 0.3) is 5.91 Å². The van der Waals surface area contributed by atoms with Gasteiger partial charge in [-0.25, -0.2) is 4.79 Å². The molecule has 2 aliphatic heterocycles. The summed E-state index contributed by atoms with van der Waals surface area (Å²) in [5.74, 6) is 0.918. The van der Waals surface area contributed by atoms with Gasteiger partial charge >= 0.3 is 5.97 Å². The van der Waals surface area contributed by atoms with E-state index in [4.69, 9.17) is 14.2 Å². The summed E-state index contributed by atoms with van der Waals surface area (Å²) in [6, 6.07) is 5.42. The minimum atomic E-state index is -0.475. The van der Waals surface area contributed by atoms with Crippen molar-refractivity contribution in [1.82, 2.24) is 4.90 Å². The van der Waals surface area contributed by atoms with E-state index in [-0.39, 0.29) is 25.2 Å². The number of allylic oxidation sites excluding steroid dienone is 1. The molecule has 1 aromatic carbocycles. The van der Waals surface area contributed by atoms with Gasteiger partial charge in [0.2, 0.25) is 6.79 Å². The lowest BCUT2D eigenvalue weighted by Crippen LogP contribution is -2.28. The van der Waals surface area contributed by atoms with Crippen molar-refractivity contribution in [3.63, 3.8) is 0 Å². The van der Waals surface area contributed by atoms with Crippen LogP contribution in [0.1, 0.15) is 33.3 Å². The number of carbonyl (C=O) groups excluding carboxylic acids is 2. The molecule has 2 heterocycles. The maximum atomic E-state index is 13.0. The van der Waals surface area contributed by atoms with Crippen LogP contribution in [0.3, 0.4) is 0 Å². The molecule has 0 unspecified atom stereocenters. The standard InChI is InChI=1S/C20H23NO5/c1-5-24-20(23)18-13(4)21(10-12(2)3)19(22)15(18)8-14-6-7-16-17(9-14)26-11-25-16/h6-9,12H,5,10-11H2,1-4H3/b15-8+. The Morgan fingerprint density at radius 1 is 1.31 bits per heavy atom. The molecule has 0 N–H and O–H groups in total. The van der Waals surface area contributed by atoms with Crippen molar-refractivity contribution < 1.29 is 23.8 Å². The summed E-state index contributed by atoms with van der Waals surface area (Å²) in [7, 11) is 0. The van der Waals surface area contributed by atoms with E-state index in [2.05, 4.69) is 0 Å². The zero-order valence-electron chi connectivity index (χ0n) is 15.5. The smallest absolute Gasteiger partial charge is 0.340 e. The van der Waals surface area contributed by atoms with Crippen LogP contribution in [-0.4, -0.2) is 36.7 Å². The number of ether oxygens (including phenoxy) is 3. The predicted octanol–water partition coefficient (Wildman–Crippen LogP) is 3.13. The third-order valence-corrected chi connectivity index (χ3v) is 4.25. The molecular weight excluding hydrogens is 334 g/mol. The average Bonchev–Trinajstić information content (AvgIpc) is 3.13. The Balaban J connectivity index is 2.02. The number of hydrogen-bond donors (Lipinski definition) is 0. The van der Waals surface area contributed by atoms with Gasteiger partial charge in [0, 0.05) is 12.2 Å². The Bertz CT molecular complexity index is 806. The topological polar surface area (TPSA) is 65.1 Å². The lowest BCUT2D eigenvalue weighted by Gasteiger charge is -2.19. The average molecular weight is 357 g/mol. The lowest BCUT2D eigenvalue weighted by molar-refractivity contribution is -0.138. The SMILES string of the molecule is CCOC(=O)C1=C(C)N(CC(C)C)C(=O)/C1=C/c1ccc2c(c1)OCO2. The maximum absolute atomic E-state index is 13.0. The van der Waals surface area contributed by atoms with Crippen LogP contribution in [0.2, 0.25) is 0 Å². The van der Waals surface area contributed by atoms with Crippen molar-refractivity contribution in [2.24, 2.45) is 5.92 Å². The van der Waals surface area contributed by atoms with Crippen molar-refractivity contribution >= 4 is 18.0 Å². The Morgan fingerprint density at radius 3 is 2.73 bits per heavy atom. The highest BCUT2D eigenvalue weighted by molar-refractivity contribution is 6.16. The third kappa shape index (κ3) is 3.31. The summed E-state index contributed by atoms with van der Waals surface area (Å²) < 4.78 is 15.9. The molecule has 6 heteroatoms. The number of fused-ring (bicyclic) bond motifs is 1. The highest BCUT2D eigenvalue weighted by atomic mass is 16.7. The number of rotatable bonds is 5. The van der Waals surface area contributed by atoms with Crippen molar-refractivity contribution in [3.8, 4) is 11.5 Å². The summed E-state index contributed by atoms with van der Waals surface area (Å²) in [5, 5.41) is 0. The van der Waals surface area contributed by atoms with Crippen LogP contribution in [0.5, 0.6) is 11.5 Å². The van der Waals surface area contributed by atoms with E-state index < -0.39 is 5.97 Å². The quantitative estimate of drug-likeness (QED) is 0.598. The lowest BCUT2D eigenvalue weighted by atomic mass is 10.0. The summed E-state index contributed by atoms with van der Waals surface area (Å²) in [4.78, 5) is 27.1. The van der Waals surface area contributed by atoms with Crippen LogP contribution >= 0.6 is 0 Å². The molecule has 0 bridgehead atoms. The molecule has 0 saturated heterocycles. The highest BCUT2D eigenvalue weighted by Gasteiger charge is 2.37. The Labute approximate surface area is 153 Å². The number of hydrogen-bond acceptors (Lipinski definition) is 5. The molecule has 1 aromatic rings. The van der Waals surface area contributed by atoms with Gasteiger partial charge in [-0.05, 0) is 43.5 Å². The molecule has 0 aliphatic carbocycles. The van der Waals surface area contributed by atoms with E-state index in [1.165, 1.54) is 0 Å². The molecular formula is C20H23NO5. The number of benzene rings is 1. The number of amides is 1. The first-order valence-electron chi connectivity index (χ1n) is 8.74. The van der Waals surface area contributed by atoms with Gasteiger partial charge in [0.05, 0.1) is 17.8 Å². The fraction of sp³-hybridized carbons (Fsp3) is 0.400. The normalized spacial score (nSPS) is 17.7. The molecule has 0 saturated carbocycles. The monoisotopic (exact) mass is 357 g/mol. The summed E-state index contributed by atoms with van der Waals surface area (Å²) >= 11 is 0. The van der Waals surface area contributed by atoms with Gasteiger partial charge in [-0.3, -0.25) is 4.79 Å². The van der Waals surface area contributed by atoms with E-state index in [0.29, 0.717) is 34.9 Å².